The van der Waals surface area contributed by atoms with E-state index >= 15 is 0 Å². The van der Waals surface area contributed by atoms with Crippen molar-refractivity contribution < 1.29 is 14.3 Å². The van der Waals surface area contributed by atoms with Crippen LogP contribution in [-0.4, -0.2) is 16.1 Å². The molecule has 0 radical (unpaired) electrons. The largest absolute Gasteiger partial charge is 0.478 e. The molecule has 0 amide bonds. The molecule has 0 aliphatic heterocycles. The van der Waals surface area contributed by atoms with Gasteiger partial charge in [0.1, 0.15) is 5.52 Å². The molecule has 4 nitrogen and oxygen atoms in total. The van der Waals surface area contributed by atoms with Crippen LogP contribution in [0.3, 0.4) is 0 Å². The monoisotopic (exact) mass is 301 g/mol. The smallest absolute Gasteiger partial charge is 0.336 e. The Kier molecular flexibility index (Phi) is 3.18. The number of rotatable bonds is 2. The Labute approximate surface area is 126 Å². The number of aromatic carboxylic acids is 1. The van der Waals surface area contributed by atoms with E-state index in [0.29, 0.717) is 27.2 Å². The molecule has 0 bridgehead atoms. The molecule has 3 aromatic rings. The molecule has 21 heavy (non-hydrogen) atoms. The standard InChI is InChI=1S/C16H12ClNO3/c1-8-6-7-9(2)13(16(19)20)12(8)15-18-11-5-3-4-10(17)14(11)21-15/h3-7H,1-2H3,(H,19,20). The summed E-state index contributed by atoms with van der Waals surface area (Å²) >= 11 is 6.08. The number of aromatic nitrogens is 1. The number of halogens is 1. The van der Waals surface area contributed by atoms with Gasteiger partial charge in [0.25, 0.3) is 0 Å². The molecule has 2 aromatic carbocycles. The molecular weight excluding hydrogens is 290 g/mol. The number of benzene rings is 2. The molecular formula is C16H12ClNO3. The third kappa shape index (κ3) is 2.17. The second kappa shape index (κ2) is 4.90. The van der Waals surface area contributed by atoms with Crippen molar-refractivity contribution in [2.45, 2.75) is 13.8 Å². The van der Waals surface area contributed by atoms with Crippen molar-refractivity contribution in [3.63, 3.8) is 0 Å². The number of aryl methyl sites for hydroxylation is 2. The summed E-state index contributed by atoms with van der Waals surface area (Å²) in [6.07, 6.45) is 0. The first-order chi connectivity index (χ1) is 9.99. The van der Waals surface area contributed by atoms with E-state index < -0.39 is 5.97 Å². The molecule has 1 N–H and O–H groups in total. The van der Waals surface area contributed by atoms with Crippen molar-refractivity contribution in [1.82, 2.24) is 4.98 Å². The van der Waals surface area contributed by atoms with Gasteiger partial charge in [-0.25, -0.2) is 9.78 Å². The maximum Gasteiger partial charge on any atom is 0.336 e. The highest BCUT2D eigenvalue weighted by atomic mass is 35.5. The minimum atomic E-state index is -1.00. The number of hydrogen-bond acceptors (Lipinski definition) is 3. The number of carboxylic acid groups (broad SMARTS) is 1. The lowest BCUT2D eigenvalue weighted by Crippen LogP contribution is -2.04. The lowest BCUT2D eigenvalue weighted by atomic mass is 9.97. The zero-order chi connectivity index (χ0) is 15.1. The minimum absolute atomic E-state index is 0.206. The predicted octanol–water partition coefficient (Wildman–Crippen LogP) is 4.46. The molecule has 0 saturated heterocycles. The second-order valence-corrected chi connectivity index (χ2v) is 5.27. The molecule has 0 aliphatic rings. The molecule has 0 spiro atoms. The van der Waals surface area contributed by atoms with Crippen molar-refractivity contribution in [1.29, 1.82) is 0 Å². The Morgan fingerprint density at radius 1 is 1.19 bits per heavy atom. The van der Waals surface area contributed by atoms with Crippen molar-refractivity contribution in [2.24, 2.45) is 0 Å². The van der Waals surface area contributed by atoms with Crippen LogP contribution < -0.4 is 0 Å². The molecule has 1 aromatic heterocycles. The first-order valence-corrected chi connectivity index (χ1v) is 6.75. The van der Waals surface area contributed by atoms with Gasteiger partial charge in [0.2, 0.25) is 5.89 Å². The molecule has 1 heterocycles. The summed E-state index contributed by atoms with van der Waals surface area (Å²) in [6.45, 7) is 3.58. The van der Waals surface area contributed by atoms with E-state index in [4.69, 9.17) is 16.0 Å². The normalized spacial score (nSPS) is 11.0. The Morgan fingerprint density at radius 2 is 1.90 bits per heavy atom. The predicted molar refractivity (Wildman–Crippen MR) is 80.9 cm³/mol. The van der Waals surface area contributed by atoms with E-state index in [0.717, 1.165) is 5.56 Å². The van der Waals surface area contributed by atoms with E-state index in [1.807, 2.05) is 13.0 Å². The lowest BCUT2D eigenvalue weighted by molar-refractivity contribution is 0.0696. The number of carbonyl (C=O) groups is 1. The van der Waals surface area contributed by atoms with Gasteiger partial charge < -0.3 is 9.52 Å². The van der Waals surface area contributed by atoms with E-state index in [1.54, 1.807) is 31.2 Å². The van der Waals surface area contributed by atoms with Crippen LogP contribution in [0.1, 0.15) is 21.5 Å². The highest BCUT2D eigenvalue weighted by Gasteiger charge is 2.21. The van der Waals surface area contributed by atoms with Crippen LogP contribution in [0.25, 0.3) is 22.6 Å². The zero-order valence-electron chi connectivity index (χ0n) is 11.5. The van der Waals surface area contributed by atoms with E-state index in [-0.39, 0.29) is 11.5 Å². The number of hydrogen-bond donors (Lipinski definition) is 1. The Hall–Kier alpha value is -2.33. The fraction of sp³-hybridized carbons (Fsp3) is 0.125. The van der Waals surface area contributed by atoms with Gasteiger partial charge >= 0.3 is 5.97 Å². The molecule has 0 saturated carbocycles. The molecule has 106 valence electrons. The van der Waals surface area contributed by atoms with Gasteiger partial charge in [0, 0.05) is 0 Å². The van der Waals surface area contributed by atoms with Crippen LogP contribution in [0.15, 0.2) is 34.7 Å². The Balaban J connectivity index is 2.35. The Bertz CT molecular complexity index is 867. The molecule has 3 rings (SSSR count). The lowest BCUT2D eigenvalue weighted by Gasteiger charge is -2.09. The summed E-state index contributed by atoms with van der Waals surface area (Å²) in [7, 11) is 0. The average molecular weight is 302 g/mol. The third-order valence-corrected chi connectivity index (χ3v) is 3.71. The summed E-state index contributed by atoms with van der Waals surface area (Å²) in [6, 6.07) is 8.89. The van der Waals surface area contributed by atoms with Crippen LogP contribution in [0.2, 0.25) is 5.02 Å². The summed E-state index contributed by atoms with van der Waals surface area (Å²) in [4.78, 5) is 15.9. The van der Waals surface area contributed by atoms with Gasteiger partial charge in [0.15, 0.2) is 5.58 Å². The highest BCUT2D eigenvalue weighted by Crippen LogP contribution is 2.33. The zero-order valence-corrected chi connectivity index (χ0v) is 12.2. The van der Waals surface area contributed by atoms with Gasteiger partial charge in [-0.2, -0.15) is 0 Å². The first-order valence-electron chi connectivity index (χ1n) is 6.38. The molecule has 0 atom stereocenters. The van der Waals surface area contributed by atoms with Gasteiger partial charge in [-0.3, -0.25) is 0 Å². The SMILES string of the molecule is Cc1ccc(C)c(-c2nc3cccc(Cl)c3o2)c1C(=O)O. The second-order valence-electron chi connectivity index (χ2n) is 4.86. The van der Waals surface area contributed by atoms with Crippen molar-refractivity contribution in [3.05, 3.63) is 52.0 Å². The van der Waals surface area contributed by atoms with Crippen LogP contribution in [-0.2, 0) is 0 Å². The number of fused-ring (bicyclic) bond motifs is 1. The van der Waals surface area contributed by atoms with Gasteiger partial charge in [-0.1, -0.05) is 29.8 Å². The Morgan fingerprint density at radius 3 is 2.57 bits per heavy atom. The molecule has 5 heteroatoms. The maximum atomic E-state index is 11.6. The molecule has 0 unspecified atom stereocenters. The van der Waals surface area contributed by atoms with Gasteiger partial charge in [-0.15, -0.1) is 0 Å². The number of oxazole rings is 1. The number of nitrogens with zero attached hydrogens (tertiary/aromatic N) is 1. The molecule has 0 aliphatic carbocycles. The summed E-state index contributed by atoms with van der Waals surface area (Å²) in [5, 5.41) is 9.92. The van der Waals surface area contributed by atoms with E-state index in [1.165, 1.54) is 0 Å². The fourth-order valence-electron chi connectivity index (χ4n) is 2.38. The van der Waals surface area contributed by atoms with Crippen LogP contribution >= 0.6 is 11.6 Å². The quantitative estimate of drug-likeness (QED) is 0.759. The van der Waals surface area contributed by atoms with E-state index in [9.17, 15) is 9.90 Å². The fourth-order valence-corrected chi connectivity index (χ4v) is 2.59. The van der Waals surface area contributed by atoms with Crippen LogP contribution in [0.4, 0.5) is 0 Å². The van der Waals surface area contributed by atoms with Crippen LogP contribution in [0.5, 0.6) is 0 Å². The van der Waals surface area contributed by atoms with Crippen molar-refractivity contribution in [2.75, 3.05) is 0 Å². The highest BCUT2D eigenvalue weighted by molar-refractivity contribution is 6.34. The van der Waals surface area contributed by atoms with Crippen molar-refractivity contribution in [3.8, 4) is 11.5 Å². The van der Waals surface area contributed by atoms with Gasteiger partial charge in [0.05, 0.1) is 16.1 Å². The molecule has 0 fully saturated rings. The van der Waals surface area contributed by atoms with E-state index in [2.05, 4.69) is 4.98 Å². The van der Waals surface area contributed by atoms with Crippen LogP contribution in [0, 0.1) is 13.8 Å². The third-order valence-electron chi connectivity index (χ3n) is 3.42. The summed E-state index contributed by atoms with van der Waals surface area (Å²) in [5.74, 6) is -0.726. The summed E-state index contributed by atoms with van der Waals surface area (Å²) in [5.41, 5.74) is 3.23. The number of para-hydroxylation sites is 1. The number of carboxylic acids is 1. The first kappa shape index (κ1) is 13.6. The minimum Gasteiger partial charge on any atom is -0.478 e. The average Bonchev–Trinajstić information content (AvgIpc) is 2.85. The maximum absolute atomic E-state index is 11.6. The van der Waals surface area contributed by atoms with Crippen molar-refractivity contribution >= 4 is 28.7 Å². The topological polar surface area (TPSA) is 63.3 Å². The summed E-state index contributed by atoms with van der Waals surface area (Å²) < 4.78 is 5.71. The van der Waals surface area contributed by atoms with Gasteiger partial charge in [-0.05, 0) is 37.1 Å².